The van der Waals surface area contributed by atoms with Gasteiger partial charge in [0.15, 0.2) is 0 Å². The highest BCUT2D eigenvalue weighted by Gasteiger charge is 2.40. The molecular weight excluding hydrogens is 477 g/mol. The number of aliphatic hydroxyl groups is 3. The Morgan fingerprint density at radius 1 is 1.19 bits per heavy atom. The Labute approximate surface area is 209 Å². The zero-order valence-corrected chi connectivity index (χ0v) is 20.6. The van der Waals surface area contributed by atoms with Crippen molar-refractivity contribution in [3.05, 3.63) is 59.9 Å². The first-order chi connectivity index (χ1) is 17.0. The van der Waals surface area contributed by atoms with Crippen LogP contribution in [0, 0.1) is 11.8 Å². The number of ether oxygens (including phenoxy) is 2. The highest BCUT2D eigenvalue weighted by Crippen LogP contribution is 2.37. The summed E-state index contributed by atoms with van der Waals surface area (Å²) >= 11 is 0. The van der Waals surface area contributed by atoms with Crippen LogP contribution >= 0.6 is 0 Å². The lowest BCUT2D eigenvalue weighted by Crippen LogP contribution is -2.33. The first kappa shape index (κ1) is 29.6. The van der Waals surface area contributed by atoms with E-state index in [1.54, 1.807) is 32.1 Å². The number of halogens is 3. The molecule has 0 spiro atoms. The number of allylic oxidation sites excluding steroid dienone is 1. The van der Waals surface area contributed by atoms with Crippen LogP contribution in [-0.2, 0) is 15.7 Å². The van der Waals surface area contributed by atoms with Gasteiger partial charge in [0.05, 0.1) is 24.4 Å². The summed E-state index contributed by atoms with van der Waals surface area (Å²) in [6.07, 6.45) is 2.08. The van der Waals surface area contributed by atoms with Gasteiger partial charge in [0, 0.05) is 18.8 Å². The molecule has 0 heterocycles. The number of esters is 1. The van der Waals surface area contributed by atoms with Crippen molar-refractivity contribution in [3.63, 3.8) is 0 Å². The van der Waals surface area contributed by atoms with E-state index in [1.807, 2.05) is 0 Å². The van der Waals surface area contributed by atoms with Gasteiger partial charge in [-0.15, -0.1) is 5.73 Å². The van der Waals surface area contributed by atoms with Crippen LogP contribution < -0.4 is 4.74 Å². The summed E-state index contributed by atoms with van der Waals surface area (Å²) in [5.74, 6) is -1.05. The number of hydrogen-bond acceptors (Lipinski definition) is 6. The zero-order valence-electron chi connectivity index (χ0n) is 20.6. The molecule has 0 radical (unpaired) electrons. The summed E-state index contributed by atoms with van der Waals surface area (Å²) in [5, 5.41) is 31.8. The molecule has 0 bridgehead atoms. The Bertz CT molecular complexity index is 938. The molecule has 0 aromatic heterocycles. The average molecular weight is 513 g/mol. The Kier molecular flexibility index (Phi) is 11.2. The topological polar surface area (TPSA) is 96.2 Å². The molecule has 1 aromatic carbocycles. The predicted octanol–water partition coefficient (Wildman–Crippen LogP) is 4.58. The van der Waals surface area contributed by atoms with Gasteiger partial charge >= 0.3 is 12.1 Å². The molecule has 5 atom stereocenters. The molecule has 0 saturated heterocycles. The number of carbonyl (C=O) groups is 1. The number of carbonyl (C=O) groups excluding carboxylic acids is 1. The van der Waals surface area contributed by atoms with Crippen molar-refractivity contribution in [2.75, 3.05) is 13.2 Å². The largest absolute Gasteiger partial charge is 0.490 e. The van der Waals surface area contributed by atoms with Gasteiger partial charge in [-0.25, -0.2) is 0 Å². The third kappa shape index (κ3) is 9.13. The molecule has 200 valence electrons. The molecular formula is C27H35F3O6. The Morgan fingerprint density at radius 2 is 1.94 bits per heavy atom. The minimum Gasteiger partial charge on any atom is -0.490 e. The molecule has 6 nitrogen and oxygen atoms in total. The Morgan fingerprint density at radius 3 is 2.61 bits per heavy atom. The van der Waals surface area contributed by atoms with Gasteiger partial charge in [-0.3, -0.25) is 4.79 Å². The number of alkyl halides is 3. The standard InChI is InChI=1S/C27H35F3O6/c1-3-26(34,18-36-20-11-9-10-19(16-20)27(28,29)30)15-14-22-21(23(31)17-24(22)32)12-7-5-6-8-13-25(33)35-4-2/h6-7,9-11,14-16,21-24,31-32,34H,3-4,8,12-13,17-18H2,1-2H3/t5?,21-,22-,23+,24-,26?/m1/s1. The third-order valence-electron chi connectivity index (χ3n) is 6.23. The predicted molar refractivity (Wildman–Crippen MR) is 128 cm³/mol. The van der Waals surface area contributed by atoms with Crippen LogP contribution in [-0.4, -0.2) is 52.3 Å². The fourth-order valence-corrected chi connectivity index (χ4v) is 4.03. The van der Waals surface area contributed by atoms with Gasteiger partial charge in [0.2, 0.25) is 0 Å². The smallest absolute Gasteiger partial charge is 0.416 e. The van der Waals surface area contributed by atoms with Gasteiger partial charge in [0.1, 0.15) is 18.0 Å². The molecule has 0 aliphatic heterocycles. The van der Waals surface area contributed by atoms with E-state index in [-0.39, 0.29) is 43.5 Å². The molecule has 1 aliphatic rings. The second-order valence-electron chi connectivity index (χ2n) is 8.90. The summed E-state index contributed by atoms with van der Waals surface area (Å²) in [4.78, 5) is 11.3. The monoisotopic (exact) mass is 512 g/mol. The van der Waals surface area contributed by atoms with Crippen LogP contribution in [0.3, 0.4) is 0 Å². The van der Waals surface area contributed by atoms with Gasteiger partial charge in [-0.1, -0.05) is 25.1 Å². The summed E-state index contributed by atoms with van der Waals surface area (Å²) in [5.41, 5.74) is 0.658. The molecule has 36 heavy (non-hydrogen) atoms. The fraction of sp³-hybridized carbons (Fsp3) is 0.556. The maximum atomic E-state index is 12.9. The minimum atomic E-state index is -4.50. The normalized spacial score (nSPS) is 23.7. The van der Waals surface area contributed by atoms with Crippen LogP contribution in [0.4, 0.5) is 13.2 Å². The maximum Gasteiger partial charge on any atom is 0.416 e. The molecule has 0 amide bonds. The Balaban J connectivity index is 2.01. The van der Waals surface area contributed by atoms with E-state index in [9.17, 15) is 33.3 Å². The van der Waals surface area contributed by atoms with E-state index in [1.165, 1.54) is 18.2 Å². The van der Waals surface area contributed by atoms with Gasteiger partial charge in [-0.05, 0) is 62.5 Å². The van der Waals surface area contributed by atoms with E-state index in [0.717, 1.165) is 12.1 Å². The van der Waals surface area contributed by atoms with Crippen molar-refractivity contribution in [1.29, 1.82) is 0 Å². The minimum absolute atomic E-state index is 0.0146. The van der Waals surface area contributed by atoms with Crippen molar-refractivity contribution >= 4 is 5.97 Å². The van der Waals surface area contributed by atoms with Crippen LogP contribution in [0.1, 0.15) is 51.5 Å². The lowest BCUT2D eigenvalue weighted by molar-refractivity contribution is -0.143. The van der Waals surface area contributed by atoms with Crippen LogP contribution in [0.15, 0.2) is 54.3 Å². The molecule has 1 fully saturated rings. The summed E-state index contributed by atoms with van der Waals surface area (Å²) < 4.78 is 49.1. The SMILES string of the molecule is CCOC(=O)CCC=C=CC[C@@H]1[C@@H](C=CC(O)(CC)COc2cccc(C(F)(F)F)c2)[C@H](O)C[C@@H]1O. The second kappa shape index (κ2) is 13.7. The van der Waals surface area contributed by atoms with E-state index in [4.69, 9.17) is 9.47 Å². The molecule has 1 saturated carbocycles. The first-order valence-electron chi connectivity index (χ1n) is 12.1. The van der Waals surface area contributed by atoms with Crippen molar-refractivity contribution < 1.29 is 42.8 Å². The van der Waals surface area contributed by atoms with Crippen molar-refractivity contribution in [2.45, 2.75) is 69.9 Å². The van der Waals surface area contributed by atoms with E-state index in [0.29, 0.717) is 19.4 Å². The average Bonchev–Trinajstić information content (AvgIpc) is 3.10. The highest BCUT2D eigenvalue weighted by molar-refractivity contribution is 5.69. The molecule has 1 unspecified atom stereocenters. The van der Waals surface area contributed by atoms with Crippen LogP contribution in [0.2, 0.25) is 0 Å². The zero-order chi connectivity index (χ0) is 26.8. The number of rotatable bonds is 12. The lowest BCUT2D eigenvalue weighted by Gasteiger charge is -2.25. The van der Waals surface area contributed by atoms with Crippen LogP contribution in [0.25, 0.3) is 0 Å². The van der Waals surface area contributed by atoms with Gasteiger partial charge in [0.25, 0.3) is 0 Å². The maximum absolute atomic E-state index is 12.9. The van der Waals surface area contributed by atoms with Crippen molar-refractivity contribution in [3.8, 4) is 5.75 Å². The van der Waals surface area contributed by atoms with E-state index >= 15 is 0 Å². The van der Waals surface area contributed by atoms with E-state index in [2.05, 4.69) is 5.73 Å². The van der Waals surface area contributed by atoms with Gasteiger partial charge < -0.3 is 24.8 Å². The Hall–Kier alpha value is -2.58. The number of benzene rings is 1. The van der Waals surface area contributed by atoms with Crippen molar-refractivity contribution in [2.24, 2.45) is 11.8 Å². The van der Waals surface area contributed by atoms with Gasteiger partial charge in [-0.2, -0.15) is 13.2 Å². The third-order valence-corrected chi connectivity index (χ3v) is 6.23. The first-order valence-corrected chi connectivity index (χ1v) is 12.1. The number of hydrogen-bond donors (Lipinski definition) is 3. The summed E-state index contributed by atoms with van der Waals surface area (Å²) in [7, 11) is 0. The lowest BCUT2D eigenvalue weighted by atomic mass is 9.88. The molecule has 1 aliphatic carbocycles. The number of aliphatic hydroxyl groups excluding tert-OH is 2. The summed E-state index contributed by atoms with van der Waals surface area (Å²) in [6, 6.07) is 4.43. The molecule has 2 rings (SSSR count). The molecule has 3 N–H and O–H groups in total. The fourth-order valence-electron chi connectivity index (χ4n) is 4.03. The second-order valence-corrected chi connectivity index (χ2v) is 8.90. The molecule has 1 aromatic rings. The molecule has 9 heteroatoms. The highest BCUT2D eigenvalue weighted by atomic mass is 19.4. The van der Waals surface area contributed by atoms with Crippen molar-refractivity contribution in [1.82, 2.24) is 0 Å². The summed E-state index contributed by atoms with van der Waals surface area (Å²) in [6.45, 7) is 3.51. The van der Waals surface area contributed by atoms with E-state index < -0.39 is 35.5 Å². The quantitative estimate of drug-likeness (QED) is 0.216. The van der Waals surface area contributed by atoms with Crippen LogP contribution in [0.5, 0.6) is 5.75 Å².